The van der Waals surface area contributed by atoms with Crippen molar-refractivity contribution in [2.45, 2.75) is 12.8 Å². The number of benzene rings is 2. The maximum absolute atomic E-state index is 11.8. The third-order valence-corrected chi connectivity index (χ3v) is 3.56. The molecule has 0 amide bonds. The third-order valence-electron chi connectivity index (χ3n) is 3.31. The normalized spacial score (nSPS) is 15.8. The quantitative estimate of drug-likeness (QED) is 0.625. The summed E-state index contributed by atoms with van der Waals surface area (Å²) in [6.07, 6.45) is 3.10. The molecule has 3 nitrogen and oxygen atoms in total. The van der Waals surface area contributed by atoms with E-state index in [4.69, 9.17) is 16.3 Å². The van der Waals surface area contributed by atoms with Gasteiger partial charge in [0.2, 0.25) is 0 Å². The maximum Gasteiger partial charge on any atom is 0.363 e. The second-order valence-electron chi connectivity index (χ2n) is 4.96. The van der Waals surface area contributed by atoms with E-state index in [-0.39, 0.29) is 0 Å². The van der Waals surface area contributed by atoms with Crippen LogP contribution in [0.25, 0.3) is 6.08 Å². The number of rotatable bonds is 4. The highest BCUT2D eigenvalue weighted by Crippen LogP contribution is 2.19. The van der Waals surface area contributed by atoms with Gasteiger partial charge < -0.3 is 4.74 Å². The Balaban J connectivity index is 1.70. The van der Waals surface area contributed by atoms with Crippen molar-refractivity contribution in [3.8, 4) is 0 Å². The fourth-order valence-electron chi connectivity index (χ4n) is 2.17. The maximum atomic E-state index is 11.8. The molecule has 2 aromatic carbocycles. The van der Waals surface area contributed by atoms with E-state index in [0.717, 1.165) is 12.0 Å². The van der Waals surface area contributed by atoms with Gasteiger partial charge in [0, 0.05) is 11.4 Å². The van der Waals surface area contributed by atoms with Gasteiger partial charge >= 0.3 is 5.97 Å². The number of carbonyl (C=O) groups is 1. The number of cyclic esters (lactones) is 1. The number of hydrogen-bond acceptors (Lipinski definition) is 3. The molecule has 4 heteroatoms. The zero-order valence-corrected chi connectivity index (χ0v) is 12.6. The molecule has 0 aliphatic carbocycles. The number of nitrogens with zero attached hydrogens (tertiary/aromatic N) is 1. The van der Waals surface area contributed by atoms with E-state index in [2.05, 4.69) is 4.99 Å². The van der Waals surface area contributed by atoms with E-state index in [1.807, 2.05) is 42.5 Å². The number of hydrogen-bond donors (Lipinski definition) is 0. The second-order valence-corrected chi connectivity index (χ2v) is 5.40. The van der Waals surface area contributed by atoms with Gasteiger partial charge in [-0.2, -0.15) is 0 Å². The van der Waals surface area contributed by atoms with Crippen molar-refractivity contribution in [1.29, 1.82) is 0 Å². The Bertz CT molecular complexity index is 733. The van der Waals surface area contributed by atoms with Crippen molar-refractivity contribution in [2.24, 2.45) is 4.99 Å². The Morgan fingerprint density at radius 2 is 1.73 bits per heavy atom. The molecule has 0 N–H and O–H groups in total. The van der Waals surface area contributed by atoms with Crippen molar-refractivity contribution in [2.75, 3.05) is 0 Å². The topological polar surface area (TPSA) is 38.7 Å². The molecule has 0 bridgehead atoms. The van der Waals surface area contributed by atoms with Crippen LogP contribution in [0.3, 0.4) is 0 Å². The molecule has 0 radical (unpaired) electrons. The first kappa shape index (κ1) is 14.5. The summed E-state index contributed by atoms with van der Waals surface area (Å²) in [5, 5.41) is 0.656. The smallest absolute Gasteiger partial charge is 0.363 e. The Morgan fingerprint density at radius 1 is 1.00 bits per heavy atom. The van der Waals surface area contributed by atoms with E-state index >= 15 is 0 Å². The molecule has 0 atom stereocenters. The van der Waals surface area contributed by atoms with Gasteiger partial charge in [0.05, 0.1) is 0 Å². The molecule has 2 aromatic rings. The molecule has 0 unspecified atom stereocenters. The zero-order valence-electron chi connectivity index (χ0n) is 11.8. The number of ether oxygens (including phenoxy) is 1. The van der Waals surface area contributed by atoms with Crippen molar-refractivity contribution in [1.82, 2.24) is 0 Å². The highest BCUT2D eigenvalue weighted by molar-refractivity contribution is 6.30. The molecule has 22 heavy (non-hydrogen) atoms. The molecule has 3 rings (SSSR count). The van der Waals surface area contributed by atoms with Crippen molar-refractivity contribution >= 4 is 29.5 Å². The van der Waals surface area contributed by atoms with E-state index < -0.39 is 5.97 Å². The van der Waals surface area contributed by atoms with Crippen LogP contribution in [-0.4, -0.2) is 11.9 Å². The SMILES string of the molecule is O=C1OC(CCc2ccccc2)=N/C1=C/c1ccc(Cl)cc1. The van der Waals surface area contributed by atoms with E-state index in [9.17, 15) is 4.79 Å². The lowest BCUT2D eigenvalue weighted by Crippen LogP contribution is -2.05. The van der Waals surface area contributed by atoms with Gasteiger partial charge in [-0.05, 0) is 35.8 Å². The summed E-state index contributed by atoms with van der Waals surface area (Å²) in [7, 11) is 0. The van der Waals surface area contributed by atoms with Crippen LogP contribution >= 0.6 is 11.6 Å². The Kier molecular flexibility index (Phi) is 4.35. The van der Waals surface area contributed by atoms with Crippen LogP contribution in [0.15, 0.2) is 65.3 Å². The molecular weight excluding hydrogens is 298 g/mol. The Morgan fingerprint density at radius 3 is 2.45 bits per heavy atom. The van der Waals surface area contributed by atoms with Gasteiger partial charge in [0.25, 0.3) is 0 Å². The highest BCUT2D eigenvalue weighted by Gasteiger charge is 2.22. The monoisotopic (exact) mass is 311 g/mol. The summed E-state index contributed by atoms with van der Waals surface area (Å²) in [4.78, 5) is 16.1. The van der Waals surface area contributed by atoms with Crippen LogP contribution in [0.4, 0.5) is 0 Å². The minimum absolute atomic E-state index is 0.324. The zero-order chi connectivity index (χ0) is 15.4. The van der Waals surface area contributed by atoms with E-state index in [1.54, 1.807) is 18.2 Å². The lowest BCUT2D eigenvalue weighted by Gasteiger charge is -1.99. The van der Waals surface area contributed by atoms with Crippen LogP contribution < -0.4 is 0 Å². The number of halogens is 1. The van der Waals surface area contributed by atoms with Crippen molar-refractivity contribution < 1.29 is 9.53 Å². The van der Waals surface area contributed by atoms with Gasteiger partial charge in [0.15, 0.2) is 11.6 Å². The summed E-state index contributed by atoms with van der Waals surface area (Å²) in [5.74, 6) is 0.0621. The second kappa shape index (κ2) is 6.58. The molecule has 0 fully saturated rings. The molecule has 0 spiro atoms. The molecular formula is C18H14ClNO2. The summed E-state index contributed by atoms with van der Waals surface area (Å²) in [6.45, 7) is 0. The van der Waals surface area contributed by atoms with E-state index in [0.29, 0.717) is 23.0 Å². The molecule has 0 saturated heterocycles. The van der Waals surface area contributed by atoms with Gasteiger partial charge in [-0.3, -0.25) is 0 Å². The lowest BCUT2D eigenvalue weighted by atomic mass is 10.1. The lowest BCUT2D eigenvalue weighted by molar-refractivity contribution is -0.130. The van der Waals surface area contributed by atoms with Gasteiger partial charge in [-0.15, -0.1) is 0 Å². The predicted molar refractivity (Wildman–Crippen MR) is 87.7 cm³/mol. The van der Waals surface area contributed by atoms with Crippen molar-refractivity contribution in [3.63, 3.8) is 0 Å². The molecule has 0 saturated carbocycles. The number of carbonyl (C=O) groups excluding carboxylic acids is 1. The average molecular weight is 312 g/mol. The number of aliphatic imine (C=N–C) groups is 1. The number of esters is 1. The summed E-state index contributed by atoms with van der Waals surface area (Å²) >= 11 is 5.84. The molecule has 110 valence electrons. The minimum Gasteiger partial charge on any atom is -0.407 e. The first-order valence-electron chi connectivity index (χ1n) is 7.02. The van der Waals surface area contributed by atoms with Crippen LogP contribution in [0, 0.1) is 0 Å². The summed E-state index contributed by atoms with van der Waals surface area (Å²) < 4.78 is 5.21. The van der Waals surface area contributed by atoms with E-state index in [1.165, 1.54) is 5.56 Å². The summed E-state index contributed by atoms with van der Waals surface area (Å²) in [6, 6.07) is 17.3. The molecule has 1 aliphatic rings. The molecule has 1 aliphatic heterocycles. The standard InChI is InChI=1S/C18H14ClNO2/c19-15-9-6-14(7-10-15)12-16-18(21)22-17(20-16)11-8-13-4-2-1-3-5-13/h1-7,9-10,12H,8,11H2/b16-12+. The summed E-state index contributed by atoms with van der Waals surface area (Å²) in [5.41, 5.74) is 2.38. The van der Waals surface area contributed by atoms with Crippen LogP contribution in [0.5, 0.6) is 0 Å². The van der Waals surface area contributed by atoms with Crippen LogP contribution in [0.2, 0.25) is 5.02 Å². The highest BCUT2D eigenvalue weighted by atomic mass is 35.5. The fourth-order valence-corrected chi connectivity index (χ4v) is 2.30. The molecule has 0 aromatic heterocycles. The Labute approximate surface area is 133 Å². The first-order valence-corrected chi connectivity index (χ1v) is 7.39. The van der Waals surface area contributed by atoms with Crippen molar-refractivity contribution in [3.05, 3.63) is 76.4 Å². The number of aryl methyl sites for hydroxylation is 1. The Hall–Kier alpha value is -2.39. The van der Waals surface area contributed by atoms with Gasteiger partial charge in [0.1, 0.15) is 0 Å². The fraction of sp³-hybridized carbons (Fsp3) is 0.111. The van der Waals surface area contributed by atoms with Gasteiger partial charge in [-0.1, -0.05) is 54.1 Å². The van der Waals surface area contributed by atoms with Gasteiger partial charge in [-0.25, -0.2) is 9.79 Å². The van der Waals surface area contributed by atoms with Crippen LogP contribution in [0.1, 0.15) is 17.5 Å². The molecule has 1 heterocycles. The largest absolute Gasteiger partial charge is 0.407 e. The first-order chi connectivity index (χ1) is 10.7. The third kappa shape index (κ3) is 3.62. The van der Waals surface area contributed by atoms with Crippen LogP contribution in [-0.2, 0) is 16.0 Å². The average Bonchev–Trinajstić information content (AvgIpc) is 2.89. The predicted octanol–water partition coefficient (Wildman–Crippen LogP) is 4.27. The minimum atomic E-state index is -0.405.